The molecule has 0 spiro atoms. The van der Waals surface area contributed by atoms with Crippen LogP contribution in [0.15, 0.2) is 36.7 Å². The van der Waals surface area contributed by atoms with E-state index in [1.54, 1.807) is 14.0 Å². The molecule has 124 valence electrons. The highest BCUT2D eigenvalue weighted by Crippen LogP contribution is 2.19. The van der Waals surface area contributed by atoms with E-state index in [0.717, 1.165) is 16.5 Å². The van der Waals surface area contributed by atoms with Crippen molar-refractivity contribution >= 4 is 22.7 Å². The van der Waals surface area contributed by atoms with E-state index in [9.17, 15) is 9.59 Å². The van der Waals surface area contributed by atoms with Gasteiger partial charge in [0.25, 0.3) is 5.91 Å². The molecule has 7 heteroatoms. The fourth-order valence-corrected chi connectivity index (χ4v) is 2.68. The number of amides is 2. The van der Waals surface area contributed by atoms with Gasteiger partial charge in [-0.05, 0) is 18.6 Å². The van der Waals surface area contributed by atoms with Crippen molar-refractivity contribution in [2.24, 2.45) is 0 Å². The summed E-state index contributed by atoms with van der Waals surface area (Å²) in [5.41, 5.74) is 2.30. The normalized spacial score (nSPS) is 12.1. The summed E-state index contributed by atoms with van der Waals surface area (Å²) in [7, 11) is 1.55. The molecule has 0 fully saturated rings. The first kappa shape index (κ1) is 15.8. The van der Waals surface area contributed by atoms with Gasteiger partial charge in [0.05, 0.1) is 6.20 Å². The number of para-hydroxylation sites is 1. The van der Waals surface area contributed by atoms with Crippen LogP contribution in [0.3, 0.4) is 0 Å². The maximum Gasteiger partial charge on any atom is 0.270 e. The maximum absolute atomic E-state index is 12.3. The van der Waals surface area contributed by atoms with Gasteiger partial charge in [0.1, 0.15) is 17.6 Å². The van der Waals surface area contributed by atoms with E-state index in [4.69, 9.17) is 0 Å². The lowest BCUT2D eigenvalue weighted by Crippen LogP contribution is -2.47. The van der Waals surface area contributed by atoms with Crippen molar-refractivity contribution in [3.8, 4) is 0 Å². The zero-order valence-corrected chi connectivity index (χ0v) is 13.5. The molecule has 1 atom stereocenters. The van der Waals surface area contributed by atoms with E-state index >= 15 is 0 Å². The zero-order chi connectivity index (χ0) is 17.1. The first-order valence-corrected chi connectivity index (χ1v) is 7.67. The minimum absolute atomic E-state index is 0.245. The van der Waals surface area contributed by atoms with Crippen LogP contribution in [-0.4, -0.2) is 39.9 Å². The lowest BCUT2D eigenvalue weighted by Gasteiger charge is -2.16. The van der Waals surface area contributed by atoms with Crippen molar-refractivity contribution in [1.29, 1.82) is 0 Å². The SMILES string of the molecule is CNC(=O)[C@H](Cc1c[nH]c2ccccc12)NC(=O)c1cnc(C)[nH]1. The van der Waals surface area contributed by atoms with Crippen LogP contribution < -0.4 is 10.6 Å². The molecule has 4 N–H and O–H groups in total. The van der Waals surface area contributed by atoms with Gasteiger partial charge in [-0.3, -0.25) is 9.59 Å². The molecule has 1 aromatic carbocycles. The van der Waals surface area contributed by atoms with Crippen LogP contribution in [0, 0.1) is 6.92 Å². The summed E-state index contributed by atoms with van der Waals surface area (Å²) in [4.78, 5) is 34.5. The number of hydrogen-bond donors (Lipinski definition) is 4. The van der Waals surface area contributed by atoms with Crippen LogP contribution in [0.5, 0.6) is 0 Å². The van der Waals surface area contributed by atoms with Gasteiger partial charge in [-0.25, -0.2) is 4.98 Å². The van der Waals surface area contributed by atoms with E-state index < -0.39 is 6.04 Å². The zero-order valence-electron chi connectivity index (χ0n) is 13.5. The van der Waals surface area contributed by atoms with E-state index in [0.29, 0.717) is 17.9 Å². The van der Waals surface area contributed by atoms with Gasteiger partial charge in [0, 0.05) is 30.6 Å². The fourth-order valence-electron chi connectivity index (χ4n) is 2.68. The minimum atomic E-state index is -0.676. The number of nitrogens with one attached hydrogen (secondary N) is 4. The van der Waals surface area contributed by atoms with Gasteiger partial charge < -0.3 is 20.6 Å². The van der Waals surface area contributed by atoms with Crippen molar-refractivity contribution in [3.63, 3.8) is 0 Å². The van der Waals surface area contributed by atoms with Crippen molar-refractivity contribution in [3.05, 3.63) is 53.7 Å². The van der Waals surface area contributed by atoms with Gasteiger partial charge in [-0.1, -0.05) is 18.2 Å². The van der Waals surface area contributed by atoms with E-state index in [2.05, 4.69) is 25.6 Å². The van der Waals surface area contributed by atoms with Gasteiger partial charge in [-0.2, -0.15) is 0 Å². The minimum Gasteiger partial charge on any atom is -0.361 e. The van der Waals surface area contributed by atoms with Gasteiger partial charge >= 0.3 is 0 Å². The van der Waals surface area contributed by atoms with Crippen LogP contribution in [0.4, 0.5) is 0 Å². The molecule has 2 aromatic heterocycles. The Bertz CT molecular complexity index is 880. The number of benzene rings is 1. The molecule has 0 saturated carbocycles. The van der Waals surface area contributed by atoms with Crippen LogP contribution in [-0.2, 0) is 11.2 Å². The second-order valence-corrected chi connectivity index (χ2v) is 5.59. The Morgan fingerprint density at radius 3 is 2.79 bits per heavy atom. The third-order valence-electron chi connectivity index (χ3n) is 3.91. The first-order chi connectivity index (χ1) is 11.6. The number of aryl methyl sites for hydroxylation is 1. The quantitative estimate of drug-likeness (QED) is 0.568. The summed E-state index contributed by atoms with van der Waals surface area (Å²) >= 11 is 0. The van der Waals surface area contributed by atoms with Crippen molar-refractivity contribution in [2.45, 2.75) is 19.4 Å². The van der Waals surface area contributed by atoms with Gasteiger partial charge in [0.2, 0.25) is 5.91 Å². The molecular formula is C17H19N5O2. The number of hydrogen-bond acceptors (Lipinski definition) is 3. The van der Waals surface area contributed by atoms with Crippen LogP contribution in [0.2, 0.25) is 0 Å². The highest BCUT2D eigenvalue weighted by molar-refractivity contribution is 5.96. The lowest BCUT2D eigenvalue weighted by molar-refractivity contribution is -0.122. The molecule has 2 amide bonds. The number of rotatable bonds is 5. The summed E-state index contributed by atoms with van der Waals surface area (Å²) in [5.74, 6) is 0.0437. The molecule has 24 heavy (non-hydrogen) atoms. The van der Waals surface area contributed by atoms with E-state index in [-0.39, 0.29) is 11.8 Å². The summed E-state index contributed by atoms with van der Waals surface area (Å²) in [6, 6.07) is 7.18. The summed E-state index contributed by atoms with van der Waals surface area (Å²) in [6.45, 7) is 1.76. The Morgan fingerprint density at radius 1 is 1.29 bits per heavy atom. The molecule has 0 unspecified atom stereocenters. The average molecular weight is 325 g/mol. The molecule has 0 aliphatic carbocycles. The lowest BCUT2D eigenvalue weighted by atomic mass is 10.0. The van der Waals surface area contributed by atoms with Crippen molar-refractivity contribution in [1.82, 2.24) is 25.6 Å². The highest BCUT2D eigenvalue weighted by Gasteiger charge is 2.23. The van der Waals surface area contributed by atoms with E-state index in [1.807, 2.05) is 30.5 Å². The second kappa shape index (κ2) is 6.57. The third kappa shape index (κ3) is 3.15. The summed E-state index contributed by atoms with van der Waals surface area (Å²) in [5, 5.41) is 6.40. The van der Waals surface area contributed by atoms with Crippen LogP contribution >= 0.6 is 0 Å². The van der Waals surface area contributed by atoms with Gasteiger partial charge in [0.15, 0.2) is 0 Å². The standard InChI is InChI=1S/C17H19N5O2/c1-10-19-9-15(21-10)17(24)22-14(16(23)18-2)7-11-8-20-13-6-4-3-5-12(11)13/h3-6,8-9,14,20H,7H2,1-2H3,(H,18,23)(H,19,21)(H,22,24)/t14-/m0/s1. The van der Waals surface area contributed by atoms with Crippen LogP contribution in [0.25, 0.3) is 10.9 Å². The molecular weight excluding hydrogens is 306 g/mol. The number of nitrogens with zero attached hydrogens (tertiary/aromatic N) is 1. The topological polar surface area (TPSA) is 103 Å². The predicted molar refractivity (Wildman–Crippen MR) is 90.6 cm³/mol. The largest absolute Gasteiger partial charge is 0.361 e. The molecule has 0 bridgehead atoms. The number of likely N-dealkylation sites (N-methyl/N-ethyl adjacent to an activating group) is 1. The second-order valence-electron chi connectivity index (χ2n) is 5.59. The summed E-state index contributed by atoms with van der Waals surface area (Å²) < 4.78 is 0. The fraction of sp³-hybridized carbons (Fsp3) is 0.235. The van der Waals surface area contributed by atoms with Crippen molar-refractivity contribution < 1.29 is 9.59 Å². The number of H-pyrrole nitrogens is 2. The summed E-state index contributed by atoms with van der Waals surface area (Å²) in [6.07, 6.45) is 3.72. The van der Waals surface area contributed by atoms with Crippen molar-refractivity contribution in [2.75, 3.05) is 7.05 Å². The molecule has 3 rings (SSSR count). The Morgan fingerprint density at radius 2 is 2.08 bits per heavy atom. The molecule has 0 aliphatic rings. The smallest absolute Gasteiger partial charge is 0.270 e. The molecule has 0 radical (unpaired) electrons. The molecule has 3 aromatic rings. The Balaban J connectivity index is 1.81. The molecule has 2 heterocycles. The number of fused-ring (bicyclic) bond motifs is 1. The van der Waals surface area contributed by atoms with Gasteiger partial charge in [-0.15, -0.1) is 0 Å². The molecule has 7 nitrogen and oxygen atoms in total. The predicted octanol–water partition coefficient (Wildman–Crippen LogP) is 1.29. The number of carbonyl (C=O) groups is 2. The number of imidazole rings is 1. The monoisotopic (exact) mass is 325 g/mol. The number of aromatic amines is 2. The number of aromatic nitrogens is 3. The highest BCUT2D eigenvalue weighted by atomic mass is 16.2. The third-order valence-corrected chi connectivity index (χ3v) is 3.91. The first-order valence-electron chi connectivity index (χ1n) is 7.67. The Labute approximate surface area is 138 Å². The van der Waals surface area contributed by atoms with E-state index in [1.165, 1.54) is 6.20 Å². The molecule has 0 saturated heterocycles. The molecule has 0 aliphatic heterocycles. The average Bonchev–Trinajstić information content (AvgIpc) is 3.20. The Kier molecular flexibility index (Phi) is 4.33. The Hall–Kier alpha value is -3.09. The number of carbonyl (C=O) groups excluding carboxylic acids is 2. The van der Waals surface area contributed by atoms with Crippen LogP contribution in [0.1, 0.15) is 21.9 Å². The maximum atomic E-state index is 12.3.